The minimum atomic E-state index is -0.471. The minimum absolute atomic E-state index is 0.172. The third kappa shape index (κ3) is 3.11. The molecule has 1 fully saturated rings. The summed E-state index contributed by atoms with van der Waals surface area (Å²) in [6, 6.07) is 11.7. The number of rotatable bonds is 3. The topological polar surface area (TPSA) is 72.5 Å². The Labute approximate surface area is 140 Å². The highest BCUT2D eigenvalue weighted by Gasteiger charge is 2.22. The summed E-state index contributed by atoms with van der Waals surface area (Å²) in [7, 11) is 0. The molecule has 0 spiro atoms. The van der Waals surface area contributed by atoms with Crippen molar-refractivity contribution >= 4 is 11.7 Å². The number of nitrogens with one attached hydrogen (secondary N) is 2. The van der Waals surface area contributed by atoms with Crippen LogP contribution in [0.3, 0.4) is 0 Å². The molecule has 4 rings (SSSR count). The van der Waals surface area contributed by atoms with Gasteiger partial charge in [-0.15, -0.1) is 0 Å². The van der Waals surface area contributed by atoms with Crippen molar-refractivity contribution in [1.82, 2.24) is 10.3 Å². The molecule has 124 valence electrons. The van der Waals surface area contributed by atoms with E-state index >= 15 is 0 Å². The van der Waals surface area contributed by atoms with Gasteiger partial charge in [0, 0.05) is 25.1 Å². The average Bonchev–Trinajstić information content (AvgIpc) is 3.10. The number of morpholine rings is 1. The second kappa shape index (κ2) is 6.59. The maximum absolute atomic E-state index is 12.2. The molecule has 0 bridgehead atoms. The fourth-order valence-electron chi connectivity index (χ4n) is 2.95. The number of carbonyl (C=O) groups excluding carboxylic acids is 1. The van der Waals surface area contributed by atoms with Crippen LogP contribution in [0.4, 0.5) is 5.82 Å². The number of pyridine rings is 1. The number of aromatic nitrogens is 1. The highest BCUT2D eigenvalue weighted by atomic mass is 16.5. The monoisotopic (exact) mass is 325 g/mol. The summed E-state index contributed by atoms with van der Waals surface area (Å²) in [5, 5.41) is 5.98. The van der Waals surface area contributed by atoms with E-state index in [0.717, 1.165) is 36.6 Å². The average molecular weight is 325 g/mol. The first-order valence-electron chi connectivity index (χ1n) is 8.16. The molecule has 1 amide bonds. The number of hydrogen-bond acceptors (Lipinski definition) is 5. The van der Waals surface area contributed by atoms with Gasteiger partial charge in [0.25, 0.3) is 5.91 Å². The van der Waals surface area contributed by atoms with Gasteiger partial charge < -0.3 is 20.1 Å². The van der Waals surface area contributed by atoms with Gasteiger partial charge >= 0.3 is 0 Å². The Morgan fingerprint density at radius 1 is 1.25 bits per heavy atom. The van der Waals surface area contributed by atoms with Crippen LogP contribution in [-0.2, 0) is 16.0 Å². The Balaban J connectivity index is 1.52. The molecule has 0 radical (unpaired) electrons. The summed E-state index contributed by atoms with van der Waals surface area (Å²) in [4.78, 5) is 16.8. The Morgan fingerprint density at radius 2 is 2.21 bits per heavy atom. The summed E-state index contributed by atoms with van der Waals surface area (Å²) in [5.74, 6) is 1.31. The molecule has 0 saturated carbocycles. The number of hydrogen-bond donors (Lipinski definition) is 2. The molecule has 0 aliphatic carbocycles. The summed E-state index contributed by atoms with van der Waals surface area (Å²) in [6.45, 7) is 2.58. The van der Waals surface area contributed by atoms with E-state index in [0.29, 0.717) is 19.0 Å². The van der Waals surface area contributed by atoms with E-state index in [1.807, 2.05) is 24.3 Å². The first kappa shape index (κ1) is 15.1. The number of ether oxygens (including phenoxy) is 2. The smallest absolute Gasteiger partial charge is 0.255 e. The Hall–Kier alpha value is -2.44. The van der Waals surface area contributed by atoms with Crippen LogP contribution in [0.1, 0.15) is 5.56 Å². The predicted molar refractivity (Wildman–Crippen MR) is 90.1 cm³/mol. The molecule has 3 heterocycles. The summed E-state index contributed by atoms with van der Waals surface area (Å²) >= 11 is 0. The molecular weight excluding hydrogens is 306 g/mol. The molecule has 2 N–H and O–H groups in total. The van der Waals surface area contributed by atoms with Gasteiger partial charge in [-0.3, -0.25) is 4.79 Å². The second-order valence-corrected chi connectivity index (χ2v) is 5.88. The number of fused-ring (bicyclic) bond motifs is 1. The molecule has 1 saturated heterocycles. The second-order valence-electron chi connectivity index (χ2n) is 5.88. The molecule has 2 aromatic rings. The van der Waals surface area contributed by atoms with Crippen LogP contribution in [0.2, 0.25) is 0 Å². The van der Waals surface area contributed by atoms with Gasteiger partial charge in [-0.05, 0) is 35.9 Å². The van der Waals surface area contributed by atoms with E-state index in [4.69, 9.17) is 9.47 Å². The highest BCUT2D eigenvalue weighted by molar-refractivity contribution is 5.93. The molecule has 1 aromatic heterocycles. The van der Waals surface area contributed by atoms with Crippen LogP contribution in [0.5, 0.6) is 5.75 Å². The summed E-state index contributed by atoms with van der Waals surface area (Å²) in [5.41, 5.74) is 3.04. The van der Waals surface area contributed by atoms with Crippen molar-refractivity contribution in [3.63, 3.8) is 0 Å². The van der Waals surface area contributed by atoms with E-state index < -0.39 is 6.10 Å². The molecular formula is C18H19N3O3. The van der Waals surface area contributed by atoms with E-state index in [1.165, 1.54) is 5.56 Å². The lowest BCUT2D eigenvalue weighted by Gasteiger charge is -2.22. The van der Waals surface area contributed by atoms with Crippen LogP contribution in [0.25, 0.3) is 11.3 Å². The maximum atomic E-state index is 12.2. The Morgan fingerprint density at radius 3 is 3.08 bits per heavy atom. The van der Waals surface area contributed by atoms with E-state index in [-0.39, 0.29) is 5.91 Å². The molecule has 6 heteroatoms. The van der Waals surface area contributed by atoms with Crippen LogP contribution < -0.4 is 15.4 Å². The largest absolute Gasteiger partial charge is 0.493 e. The number of amides is 1. The lowest BCUT2D eigenvalue weighted by molar-refractivity contribution is -0.128. The van der Waals surface area contributed by atoms with E-state index in [2.05, 4.69) is 21.7 Å². The third-order valence-electron chi connectivity index (χ3n) is 4.21. The van der Waals surface area contributed by atoms with Crippen LogP contribution >= 0.6 is 0 Å². The Bertz CT molecular complexity index is 757. The first-order chi connectivity index (χ1) is 11.8. The summed E-state index contributed by atoms with van der Waals surface area (Å²) < 4.78 is 11.0. The molecule has 1 unspecified atom stereocenters. The lowest BCUT2D eigenvalue weighted by Crippen LogP contribution is -2.45. The standard InChI is InChI=1S/C18H19N3O3/c22-18(16-11-19-7-9-24-16)21-17-3-1-2-14(20-17)12-4-5-15-13(10-12)6-8-23-15/h1-5,10,16,19H,6-9,11H2,(H,20,21,22). The molecule has 24 heavy (non-hydrogen) atoms. The zero-order valence-electron chi connectivity index (χ0n) is 13.2. The van der Waals surface area contributed by atoms with Gasteiger partial charge in [-0.1, -0.05) is 6.07 Å². The van der Waals surface area contributed by atoms with E-state index in [1.54, 1.807) is 6.07 Å². The fourth-order valence-corrected chi connectivity index (χ4v) is 2.95. The predicted octanol–water partition coefficient (Wildman–Crippen LogP) is 1.61. The molecule has 1 atom stereocenters. The zero-order valence-corrected chi connectivity index (χ0v) is 13.2. The molecule has 1 aromatic carbocycles. The fraction of sp³-hybridized carbons (Fsp3) is 0.333. The molecule has 6 nitrogen and oxygen atoms in total. The third-order valence-corrected chi connectivity index (χ3v) is 4.21. The summed E-state index contributed by atoms with van der Waals surface area (Å²) in [6.07, 6.45) is 0.451. The van der Waals surface area contributed by atoms with Crippen molar-refractivity contribution in [2.24, 2.45) is 0 Å². The van der Waals surface area contributed by atoms with Gasteiger partial charge in [0.15, 0.2) is 0 Å². The molecule has 2 aliphatic rings. The van der Waals surface area contributed by atoms with Crippen molar-refractivity contribution in [2.75, 3.05) is 31.6 Å². The minimum Gasteiger partial charge on any atom is -0.493 e. The highest BCUT2D eigenvalue weighted by Crippen LogP contribution is 2.30. The van der Waals surface area contributed by atoms with Gasteiger partial charge in [0.05, 0.1) is 18.9 Å². The van der Waals surface area contributed by atoms with Crippen molar-refractivity contribution in [1.29, 1.82) is 0 Å². The molecule has 2 aliphatic heterocycles. The van der Waals surface area contributed by atoms with Crippen molar-refractivity contribution in [3.05, 3.63) is 42.0 Å². The number of carbonyl (C=O) groups is 1. The maximum Gasteiger partial charge on any atom is 0.255 e. The van der Waals surface area contributed by atoms with Crippen LogP contribution in [0.15, 0.2) is 36.4 Å². The number of anilines is 1. The normalized spacial score (nSPS) is 19.4. The number of nitrogens with zero attached hydrogens (tertiary/aromatic N) is 1. The van der Waals surface area contributed by atoms with Gasteiger partial charge in [0.2, 0.25) is 0 Å². The van der Waals surface area contributed by atoms with Crippen molar-refractivity contribution < 1.29 is 14.3 Å². The van der Waals surface area contributed by atoms with Gasteiger partial charge in [-0.2, -0.15) is 0 Å². The Kier molecular flexibility index (Phi) is 4.15. The van der Waals surface area contributed by atoms with Gasteiger partial charge in [0.1, 0.15) is 17.7 Å². The zero-order chi connectivity index (χ0) is 16.4. The first-order valence-corrected chi connectivity index (χ1v) is 8.16. The SMILES string of the molecule is O=C(Nc1cccc(-c2ccc3c(c2)CCO3)n1)C1CNCCO1. The quantitative estimate of drug-likeness (QED) is 0.897. The van der Waals surface area contributed by atoms with Crippen LogP contribution in [-0.4, -0.2) is 43.3 Å². The van der Waals surface area contributed by atoms with E-state index in [9.17, 15) is 4.79 Å². The van der Waals surface area contributed by atoms with Crippen LogP contribution in [0, 0.1) is 0 Å². The van der Waals surface area contributed by atoms with Gasteiger partial charge in [-0.25, -0.2) is 4.98 Å². The lowest BCUT2D eigenvalue weighted by atomic mass is 10.1. The van der Waals surface area contributed by atoms with Crippen molar-refractivity contribution in [2.45, 2.75) is 12.5 Å². The van der Waals surface area contributed by atoms with Crippen molar-refractivity contribution in [3.8, 4) is 17.0 Å². The number of benzene rings is 1.